The largest absolute Gasteiger partial charge is 0.468 e. The molecule has 2 unspecified atom stereocenters. The van der Waals surface area contributed by atoms with Crippen LogP contribution in [0.15, 0.2) is 10.7 Å². The number of hydrogen-bond donors (Lipinski definition) is 1. The highest BCUT2D eigenvalue weighted by Crippen LogP contribution is 2.28. The number of ether oxygens (including phenoxy) is 1. The van der Waals surface area contributed by atoms with Crippen molar-refractivity contribution in [3.05, 3.63) is 10.7 Å². The number of allylic oxidation sites excluding steroid dienone is 1. The second-order valence-corrected chi connectivity index (χ2v) is 3.35. The van der Waals surface area contributed by atoms with Crippen molar-refractivity contribution in [3.63, 3.8) is 0 Å². The third kappa shape index (κ3) is 1.69. The lowest BCUT2D eigenvalue weighted by Crippen LogP contribution is -2.00. The van der Waals surface area contributed by atoms with Crippen LogP contribution in [0.1, 0.15) is 6.42 Å². The Kier molecular flexibility index (Phi) is 2.55. The van der Waals surface area contributed by atoms with Crippen molar-refractivity contribution >= 4 is 31.9 Å². The van der Waals surface area contributed by atoms with Crippen LogP contribution in [0.2, 0.25) is 0 Å². The van der Waals surface area contributed by atoms with Gasteiger partial charge in [0, 0.05) is 11.4 Å². The molecule has 1 aliphatic rings. The summed E-state index contributed by atoms with van der Waals surface area (Å²) in [6.45, 7) is 0. The Morgan fingerprint density at radius 3 is 2.67 bits per heavy atom. The molecule has 1 fully saturated rings. The van der Waals surface area contributed by atoms with Crippen LogP contribution in [0.3, 0.4) is 0 Å². The molecule has 2 atom stereocenters. The van der Waals surface area contributed by atoms with Crippen molar-refractivity contribution in [2.45, 2.75) is 17.5 Å². The number of hydrogen-bond acceptors (Lipinski definition) is 2. The van der Waals surface area contributed by atoms with E-state index in [2.05, 4.69) is 31.9 Å². The highest BCUT2D eigenvalue weighted by Gasteiger charge is 2.26. The topological polar surface area (TPSA) is 29.5 Å². The second-order valence-electron chi connectivity index (χ2n) is 1.79. The SMILES string of the molecule is OC1CC(Br)/C(=C/Br)O1. The minimum Gasteiger partial charge on any atom is -0.468 e. The summed E-state index contributed by atoms with van der Waals surface area (Å²) in [5.41, 5.74) is 0. The lowest BCUT2D eigenvalue weighted by molar-refractivity contribution is -0.0348. The van der Waals surface area contributed by atoms with Gasteiger partial charge in [-0.05, 0) is 0 Å². The highest BCUT2D eigenvalue weighted by atomic mass is 79.9. The molecule has 0 aromatic rings. The Hall–Kier alpha value is 0.460. The zero-order valence-electron chi connectivity index (χ0n) is 4.55. The number of aliphatic hydroxyl groups excluding tert-OH is 1. The first kappa shape index (κ1) is 7.57. The van der Waals surface area contributed by atoms with Gasteiger partial charge in [-0.1, -0.05) is 31.9 Å². The summed E-state index contributed by atoms with van der Waals surface area (Å²) in [5, 5.41) is 8.89. The lowest BCUT2D eigenvalue weighted by atomic mass is 10.3. The monoisotopic (exact) mass is 256 g/mol. The number of aliphatic hydroxyl groups is 1. The van der Waals surface area contributed by atoms with E-state index in [9.17, 15) is 0 Å². The summed E-state index contributed by atoms with van der Waals surface area (Å²) < 4.78 is 4.95. The van der Waals surface area contributed by atoms with E-state index in [4.69, 9.17) is 9.84 Å². The fourth-order valence-corrected chi connectivity index (χ4v) is 2.01. The van der Waals surface area contributed by atoms with E-state index in [0.717, 1.165) is 5.76 Å². The molecular weight excluding hydrogens is 252 g/mol. The van der Waals surface area contributed by atoms with Gasteiger partial charge in [0.2, 0.25) is 0 Å². The molecule has 2 nitrogen and oxygen atoms in total. The molecule has 1 rings (SSSR count). The summed E-state index contributed by atoms with van der Waals surface area (Å²) in [4.78, 5) is 1.83. The van der Waals surface area contributed by atoms with E-state index in [0.29, 0.717) is 6.42 Å². The molecule has 0 aliphatic carbocycles. The minimum absolute atomic E-state index is 0.159. The maximum Gasteiger partial charge on any atom is 0.198 e. The average molecular weight is 258 g/mol. The number of rotatable bonds is 0. The quantitative estimate of drug-likeness (QED) is 0.670. The first-order valence-electron chi connectivity index (χ1n) is 2.53. The molecule has 1 saturated heterocycles. The molecule has 1 N–H and O–H groups in total. The Bertz CT molecular complexity index is 135. The van der Waals surface area contributed by atoms with Crippen molar-refractivity contribution < 1.29 is 9.84 Å². The van der Waals surface area contributed by atoms with Gasteiger partial charge < -0.3 is 9.84 Å². The van der Waals surface area contributed by atoms with Gasteiger partial charge in [-0.25, -0.2) is 0 Å². The predicted molar refractivity (Wildman–Crippen MR) is 41.4 cm³/mol. The van der Waals surface area contributed by atoms with Gasteiger partial charge in [0.15, 0.2) is 6.29 Å². The zero-order valence-corrected chi connectivity index (χ0v) is 7.72. The molecule has 1 heterocycles. The molecule has 0 aromatic heterocycles. The zero-order chi connectivity index (χ0) is 6.85. The molecule has 0 saturated carbocycles. The van der Waals surface area contributed by atoms with Crippen LogP contribution in [0.25, 0.3) is 0 Å². The molecule has 9 heavy (non-hydrogen) atoms. The van der Waals surface area contributed by atoms with Gasteiger partial charge >= 0.3 is 0 Å². The third-order valence-corrected chi connectivity index (χ3v) is 2.37. The van der Waals surface area contributed by atoms with Gasteiger partial charge in [0.05, 0.1) is 4.83 Å². The molecule has 1 aliphatic heterocycles. The van der Waals surface area contributed by atoms with E-state index in [1.807, 2.05) is 0 Å². The number of alkyl halides is 1. The molecule has 0 amide bonds. The Labute approximate surface area is 70.1 Å². The van der Waals surface area contributed by atoms with Gasteiger partial charge in [0.1, 0.15) is 5.76 Å². The fourth-order valence-electron chi connectivity index (χ4n) is 0.666. The molecule has 0 bridgehead atoms. The van der Waals surface area contributed by atoms with Crippen LogP contribution >= 0.6 is 31.9 Å². The van der Waals surface area contributed by atoms with Crippen molar-refractivity contribution in [1.29, 1.82) is 0 Å². The Balaban J connectivity index is 2.58. The summed E-state index contributed by atoms with van der Waals surface area (Å²) in [6.07, 6.45) is -0.0181. The van der Waals surface area contributed by atoms with Crippen LogP contribution in [0.5, 0.6) is 0 Å². The van der Waals surface area contributed by atoms with E-state index in [-0.39, 0.29) is 4.83 Å². The Morgan fingerprint density at radius 2 is 2.44 bits per heavy atom. The fraction of sp³-hybridized carbons (Fsp3) is 0.600. The first-order chi connectivity index (χ1) is 4.24. The summed E-state index contributed by atoms with van der Waals surface area (Å²) in [7, 11) is 0. The maximum atomic E-state index is 8.89. The molecule has 4 heteroatoms. The van der Waals surface area contributed by atoms with Crippen molar-refractivity contribution in [1.82, 2.24) is 0 Å². The standard InChI is InChI=1S/C5H6Br2O2/c6-2-4-3(7)1-5(8)9-4/h2-3,5,8H,1H2/b4-2-. The van der Waals surface area contributed by atoms with Gasteiger partial charge in [0.25, 0.3) is 0 Å². The van der Waals surface area contributed by atoms with Gasteiger partial charge in [-0.3, -0.25) is 0 Å². The van der Waals surface area contributed by atoms with Crippen LogP contribution in [0.4, 0.5) is 0 Å². The second kappa shape index (κ2) is 3.03. The molecule has 0 aromatic carbocycles. The Morgan fingerprint density at radius 1 is 1.78 bits per heavy atom. The number of halogens is 2. The van der Waals surface area contributed by atoms with Crippen molar-refractivity contribution in [3.8, 4) is 0 Å². The van der Waals surface area contributed by atoms with Crippen molar-refractivity contribution in [2.24, 2.45) is 0 Å². The normalized spacial score (nSPS) is 39.2. The van der Waals surface area contributed by atoms with Crippen LogP contribution in [0, 0.1) is 0 Å². The summed E-state index contributed by atoms with van der Waals surface area (Å²) >= 11 is 6.44. The molecule has 0 spiro atoms. The summed E-state index contributed by atoms with van der Waals surface area (Å²) in [5.74, 6) is 0.752. The molecule has 52 valence electrons. The van der Waals surface area contributed by atoms with E-state index in [1.165, 1.54) is 0 Å². The average Bonchev–Trinajstić information content (AvgIpc) is 2.10. The molecule has 0 radical (unpaired) electrons. The summed E-state index contributed by atoms with van der Waals surface area (Å²) in [6, 6.07) is 0. The van der Waals surface area contributed by atoms with E-state index in [1.54, 1.807) is 4.99 Å². The first-order valence-corrected chi connectivity index (χ1v) is 4.36. The minimum atomic E-state index is -0.641. The van der Waals surface area contributed by atoms with Gasteiger partial charge in [-0.2, -0.15) is 0 Å². The van der Waals surface area contributed by atoms with Crippen LogP contribution in [-0.4, -0.2) is 16.2 Å². The maximum absolute atomic E-state index is 8.89. The lowest BCUT2D eigenvalue weighted by Gasteiger charge is -1.99. The van der Waals surface area contributed by atoms with Crippen LogP contribution in [-0.2, 0) is 4.74 Å². The van der Waals surface area contributed by atoms with Gasteiger partial charge in [-0.15, -0.1) is 0 Å². The van der Waals surface area contributed by atoms with Crippen molar-refractivity contribution in [2.75, 3.05) is 0 Å². The van der Waals surface area contributed by atoms with Crippen LogP contribution < -0.4 is 0 Å². The highest BCUT2D eigenvalue weighted by molar-refractivity contribution is 9.11. The third-order valence-electron chi connectivity index (χ3n) is 1.10. The van der Waals surface area contributed by atoms with E-state index >= 15 is 0 Å². The van der Waals surface area contributed by atoms with E-state index < -0.39 is 6.29 Å². The predicted octanol–water partition coefficient (Wildman–Crippen LogP) is 1.72. The smallest absolute Gasteiger partial charge is 0.198 e. The molecular formula is C5H6Br2O2.